The van der Waals surface area contributed by atoms with Gasteiger partial charge in [-0.25, -0.2) is 0 Å². The molecule has 0 heterocycles. The van der Waals surface area contributed by atoms with E-state index in [-0.39, 0.29) is 24.1 Å². The number of nitrogens with one attached hydrogen (secondary N) is 1. The minimum absolute atomic E-state index is 0.0144. The van der Waals surface area contributed by atoms with Crippen molar-refractivity contribution in [3.8, 4) is 23.6 Å². The Morgan fingerprint density at radius 2 is 2.00 bits per heavy atom. The summed E-state index contributed by atoms with van der Waals surface area (Å²) in [5.74, 6) is 0.649. The third-order valence-electron chi connectivity index (χ3n) is 4.12. The van der Waals surface area contributed by atoms with Crippen LogP contribution in [0.25, 0.3) is 6.08 Å². The summed E-state index contributed by atoms with van der Waals surface area (Å²) in [6.45, 7) is -0.109. The highest BCUT2D eigenvalue weighted by atomic mass is 79.9. The molecule has 0 spiro atoms. The number of carbonyl (C=O) groups excluding carboxylic acids is 1. The fourth-order valence-electron chi connectivity index (χ4n) is 2.87. The van der Waals surface area contributed by atoms with Gasteiger partial charge in [0.2, 0.25) is 0 Å². The largest absolute Gasteiger partial charge is 0.493 e. The van der Waals surface area contributed by atoms with Gasteiger partial charge in [-0.15, -0.1) is 0 Å². The van der Waals surface area contributed by atoms with E-state index in [1.54, 1.807) is 12.1 Å². The van der Waals surface area contributed by atoms with Gasteiger partial charge in [-0.2, -0.15) is 10.5 Å². The SMILES string of the molecule is COc1cc(C=C(C#N)C#N)cc(Br)c1OCC(=O)NC1CCCCC1. The van der Waals surface area contributed by atoms with Gasteiger partial charge in [-0.3, -0.25) is 4.79 Å². The third kappa shape index (κ3) is 5.50. The van der Waals surface area contributed by atoms with Crippen molar-refractivity contribution in [2.24, 2.45) is 0 Å². The Bertz CT molecular complexity index is 755. The molecular formula is C19H20BrN3O3. The van der Waals surface area contributed by atoms with Gasteiger partial charge in [0.1, 0.15) is 17.7 Å². The molecule has 2 rings (SSSR count). The molecule has 6 nitrogen and oxygen atoms in total. The Hall–Kier alpha value is -2.51. The highest BCUT2D eigenvalue weighted by Crippen LogP contribution is 2.37. The number of ether oxygens (including phenoxy) is 2. The second kappa shape index (κ2) is 9.84. The molecule has 7 heteroatoms. The number of benzene rings is 1. The molecule has 1 aliphatic carbocycles. The van der Waals surface area contributed by atoms with E-state index in [4.69, 9.17) is 20.0 Å². The van der Waals surface area contributed by atoms with Gasteiger partial charge in [-0.05, 0) is 52.5 Å². The molecule has 0 bridgehead atoms. The first-order chi connectivity index (χ1) is 12.6. The molecular weight excluding hydrogens is 398 g/mol. The van der Waals surface area contributed by atoms with E-state index in [0.717, 1.165) is 25.7 Å². The maximum absolute atomic E-state index is 12.1. The molecule has 1 N–H and O–H groups in total. The second-order valence-electron chi connectivity index (χ2n) is 6.01. The molecule has 0 aliphatic heterocycles. The number of nitrogens with zero attached hydrogens (tertiary/aromatic N) is 2. The van der Waals surface area contributed by atoms with Gasteiger partial charge in [-0.1, -0.05) is 19.3 Å². The van der Waals surface area contributed by atoms with Gasteiger partial charge in [0, 0.05) is 6.04 Å². The molecule has 1 fully saturated rings. The zero-order valence-corrected chi connectivity index (χ0v) is 16.1. The number of hydrogen-bond acceptors (Lipinski definition) is 5. The van der Waals surface area contributed by atoms with Crippen LogP contribution >= 0.6 is 15.9 Å². The van der Waals surface area contributed by atoms with E-state index in [1.807, 2.05) is 12.1 Å². The lowest BCUT2D eigenvalue weighted by atomic mass is 9.95. The van der Waals surface area contributed by atoms with Crippen molar-refractivity contribution in [1.82, 2.24) is 5.32 Å². The van der Waals surface area contributed by atoms with Crippen LogP contribution < -0.4 is 14.8 Å². The zero-order chi connectivity index (χ0) is 18.9. The van der Waals surface area contributed by atoms with Gasteiger partial charge >= 0.3 is 0 Å². The van der Waals surface area contributed by atoms with Crippen molar-refractivity contribution in [3.63, 3.8) is 0 Å². The van der Waals surface area contributed by atoms with E-state index in [2.05, 4.69) is 21.2 Å². The summed E-state index contributed by atoms with van der Waals surface area (Å²) in [6.07, 6.45) is 7.00. The highest BCUT2D eigenvalue weighted by molar-refractivity contribution is 9.10. The normalized spacial score (nSPS) is 13.8. The standard InChI is InChI=1S/C19H20BrN3O3/c1-25-17-9-13(7-14(10-21)11-22)8-16(20)19(17)26-12-18(24)23-15-5-3-2-4-6-15/h7-9,15H,2-6,12H2,1H3,(H,23,24). The Kier molecular flexibility index (Phi) is 7.50. The molecule has 1 saturated carbocycles. The summed E-state index contributed by atoms with van der Waals surface area (Å²) in [5, 5.41) is 20.7. The monoisotopic (exact) mass is 417 g/mol. The fraction of sp³-hybridized carbons (Fsp3) is 0.421. The molecule has 0 atom stereocenters. The lowest BCUT2D eigenvalue weighted by Crippen LogP contribution is -2.39. The van der Waals surface area contributed by atoms with Gasteiger partial charge in [0.05, 0.1) is 11.6 Å². The Morgan fingerprint density at radius 3 is 2.62 bits per heavy atom. The molecule has 1 aromatic carbocycles. The maximum Gasteiger partial charge on any atom is 0.258 e. The smallest absolute Gasteiger partial charge is 0.258 e. The molecule has 26 heavy (non-hydrogen) atoms. The number of allylic oxidation sites excluding steroid dienone is 1. The van der Waals surface area contributed by atoms with Crippen LogP contribution in [0, 0.1) is 22.7 Å². The molecule has 1 aliphatic rings. The highest BCUT2D eigenvalue weighted by Gasteiger charge is 2.17. The number of rotatable bonds is 6. The Balaban J connectivity index is 2.06. The van der Waals surface area contributed by atoms with Crippen molar-refractivity contribution in [3.05, 3.63) is 27.7 Å². The summed E-state index contributed by atoms with van der Waals surface area (Å²) >= 11 is 3.39. The van der Waals surface area contributed by atoms with Crippen molar-refractivity contribution >= 4 is 27.9 Å². The first kappa shape index (κ1) is 19.8. The third-order valence-corrected chi connectivity index (χ3v) is 4.71. The van der Waals surface area contributed by atoms with Crippen molar-refractivity contribution in [2.75, 3.05) is 13.7 Å². The predicted molar refractivity (Wildman–Crippen MR) is 100 cm³/mol. The number of nitriles is 2. The zero-order valence-electron chi connectivity index (χ0n) is 14.5. The van der Waals surface area contributed by atoms with E-state index in [9.17, 15) is 4.79 Å². The second-order valence-corrected chi connectivity index (χ2v) is 6.86. The number of hydrogen-bond donors (Lipinski definition) is 1. The number of methoxy groups -OCH3 is 1. The number of carbonyl (C=O) groups is 1. The molecule has 0 radical (unpaired) electrons. The van der Waals surface area contributed by atoms with E-state index in [1.165, 1.54) is 19.6 Å². The van der Waals surface area contributed by atoms with Gasteiger partial charge in [0.15, 0.2) is 18.1 Å². The molecule has 1 amide bonds. The summed E-state index contributed by atoms with van der Waals surface area (Å²) in [4.78, 5) is 12.1. The van der Waals surface area contributed by atoms with Crippen LogP contribution in [0.3, 0.4) is 0 Å². The average molecular weight is 418 g/mol. The summed E-state index contributed by atoms with van der Waals surface area (Å²) in [5.41, 5.74) is 0.602. The summed E-state index contributed by atoms with van der Waals surface area (Å²) < 4.78 is 11.5. The molecule has 0 saturated heterocycles. The molecule has 0 aromatic heterocycles. The van der Waals surface area contributed by atoms with Crippen LogP contribution in [0.5, 0.6) is 11.5 Å². The van der Waals surface area contributed by atoms with Crippen LogP contribution in [-0.2, 0) is 4.79 Å². The average Bonchev–Trinajstić information content (AvgIpc) is 2.65. The molecule has 0 unspecified atom stereocenters. The first-order valence-electron chi connectivity index (χ1n) is 8.39. The van der Waals surface area contributed by atoms with Crippen molar-refractivity contribution < 1.29 is 14.3 Å². The first-order valence-corrected chi connectivity index (χ1v) is 9.18. The van der Waals surface area contributed by atoms with Gasteiger partial charge < -0.3 is 14.8 Å². The maximum atomic E-state index is 12.1. The Morgan fingerprint density at radius 1 is 1.31 bits per heavy atom. The molecule has 1 aromatic rings. The van der Waals surface area contributed by atoms with Crippen molar-refractivity contribution in [1.29, 1.82) is 10.5 Å². The predicted octanol–water partition coefficient (Wildman–Crippen LogP) is 3.72. The van der Waals surface area contributed by atoms with E-state index >= 15 is 0 Å². The van der Waals surface area contributed by atoms with Gasteiger partial charge in [0.25, 0.3) is 5.91 Å². The quantitative estimate of drug-likeness (QED) is 0.711. The lowest BCUT2D eigenvalue weighted by molar-refractivity contribution is -0.124. The topological polar surface area (TPSA) is 95.1 Å². The fourth-order valence-corrected chi connectivity index (χ4v) is 3.45. The van der Waals surface area contributed by atoms with E-state index in [0.29, 0.717) is 21.5 Å². The summed E-state index contributed by atoms with van der Waals surface area (Å²) in [6, 6.07) is 7.20. The number of amides is 1. The van der Waals surface area contributed by atoms with Crippen LogP contribution in [-0.4, -0.2) is 25.7 Å². The van der Waals surface area contributed by atoms with Crippen LogP contribution in [0.15, 0.2) is 22.2 Å². The number of halogens is 1. The lowest BCUT2D eigenvalue weighted by Gasteiger charge is -2.23. The summed E-state index contributed by atoms with van der Waals surface area (Å²) in [7, 11) is 1.49. The van der Waals surface area contributed by atoms with Crippen LogP contribution in [0.2, 0.25) is 0 Å². The van der Waals surface area contributed by atoms with Crippen LogP contribution in [0.4, 0.5) is 0 Å². The molecule has 136 valence electrons. The van der Waals surface area contributed by atoms with Crippen LogP contribution in [0.1, 0.15) is 37.7 Å². The minimum Gasteiger partial charge on any atom is -0.493 e. The van der Waals surface area contributed by atoms with Crippen molar-refractivity contribution in [2.45, 2.75) is 38.1 Å². The van der Waals surface area contributed by atoms with E-state index < -0.39 is 0 Å². The Labute approximate surface area is 161 Å². The minimum atomic E-state index is -0.161.